The summed E-state index contributed by atoms with van der Waals surface area (Å²) in [4.78, 5) is 0. The molecule has 0 aliphatic heterocycles. The molecule has 0 atom stereocenters. The first kappa shape index (κ1) is 20.1. The molecule has 6 nitrogen and oxygen atoms in total. The number of aromatic nitrogens is 2. The molecule has 0 unspecified atom stereocenters. The fourth-order valence-electron chi connectivity index (χ4n) is 4.42. The highest BCUT2D eigenvalue weighted by Gasteiger charge is 2.21. The normalized spacial score (nSPS) is 18.2. The minimum atomic E-state index is 0.289. The van der Waals surface area contributed by atoms with Crippen molar-refractivity contribution in [2.45, 2.75) is 37.8 Å². The number of nitrogens with one attached hydrogen (secondary N) is 2. The van der Waals surface area contributed by atoms with Gasteiger partial charge in [-0.15, -0.1) is 0 Å². The molecule has 0 amide bonds. The summed E-state index contributed by atoms with van der Waals surface area (Å²) in [7, 11) is 0. The van der Waals surface area contributed by atoms with Crippen LogP contribution in [0.5, 0.6) is 0 Å². The van der Waals surface area contributed by atoms with Crippen molar-refractivity contribution in [2.75, 3.05) is 10.6 Å². The van der Waals surface area contributed by atoms with Gasteiger partial charge in [0.15, 0.2) is 0 Å². The van der Waals surface area contributed by atoms with E-state index in [2.05, 4.69) is 58.2 Å². The van der Waals surface area contributed by atoms with Gasteiger partial charge in [0.2, 0.25) is 0 Å². The molecule has 6 heteroatoms. The third-order valence-electron chi connectivity index (χ3n) is 6.19. The van der Waals surface area contributed by atoms with Gasteiger partial charge in [0.05, 0.1) is 17.4 Å². The highest BCUT2D eigenvalue weighted by molar-refractivity contribution is 5.79. The third-order valence-corrected chi connectivity index (χ3v) is 6.19. The smallest absolute Gasteiger partial charge is 0.134 e. The Bertz CT molecular complexity index is 1250. The summed E-state index contributed by atoms with van der Waals surface area (Å²) in [6.45, 7) is 0. The van der Waals surface area contributed by atoms with Crippen LogP contribution in [-0.4, -0.2) is 21.7 Å². The first-order valence-electron chi connectivity index (χ1n) is 11.1. The molecule has 0 saturated heterocycles. The molecule has 32 heavy (non-hydrogen) atoms. The lowest BCUT2D eigenvalue weighted by molar-refractivity contribution is 0.411. The maximum atomic E-state index is 9.85. The van der Waals surface area contributed by atoms with E-state index in [0.717, 1.165) is 54.0 Å². The van der Waals surface area contributed by atoms with Crippen molar-refractivity contribution in [3.05, 3.63) is 78.5 Å². The molecular weight excluding hydrogens is 396 g/mol. The van der Waals surface area contributed by atoms with Crippen LogP contribution in [0.1, 0.15) is 31.2 Å². The van der Waals surface area contributed by atoms with Crippen molar-refractivity contribution in [1.82, 2.24) is 9.61 Å². The molecular formula is C26H26N6. The molecule has 0 spiro atoms. The van der Waals surface area contributed by atoms with Crippen molar-refractivity contribution in [2.24, 2.45) is 5.73 Å². The molecule has 2 heterocycles. The molecule has 1 aliphatic rings. The van der Waals surface area contributed by atoms with Crippen molar-refractivity contribution < 1.29 is 0 Å². The van der Waals surface area contributed by atoms with E-state index in [0.29, 0.717) is 11.6 Å². The standard InChI is InChI=1S/C26H26N6/c27-17-23-24(30-21-12-8-20(28)9-13-21)16-26(32-25(23)14-15-29-32)31-22-10-6-19(7-11-22)18-4-2-1-3-5-18/h1-7,10-11,14-16,20-21,30-31H,8-9,12-13,28H2. The van der Waals surface area contributed by atoms with Gasteiger partial charge in [0.25, 0.3) is 0 Å². The number of benzene rings is 2. The maximum absolute atomic E-state index is 9.85. The highest BCUT2D eigenvalue weighted by Crippen LogP contribution is 2.31. The molecule has 1 aliphatic carbocycles. The number of fused-ring (bicyclic) bond motifs is 1. The van der Waals surface area contributed by atoms with Gasteiger partial charge in [-0.05, 0) is 55.0 Å². The second-order valence-electron chi connectivity index (χ2n) is 8.38. The van der Waals surface area contributed by atoms with Crippen LogP contribution in [-0.2, 0) is 0 Å². The van der Waals surface area contributed by atoms with Crippen LogP contribution >= 0.6 is 0 Å². The topological polar surface area (TPSA) is 91.2 Å². The van der Waals surface area contributed by atoms with Gasteiger partial charge in [-0.2, -0.15) is 10.4 Å². The molecule has 4 N–H and O–H groups in total. The predicted octanol–water partition coefficient (Wildman–Crippen LogP) is 5.30. The van der Waals surface area contributed by atoms with Gasteiger partial charge in [-0.25, -0.2) is 4.52 Å². The van der Waals surface area contributed by atoms with Crippen LogP contribution in [0.3, 0.4) is 0 Å². The van der Waals surface area contributed by atoms with Crippen molar-refractivity contribution in [3.8, 4) is 17.2 Å². The number of pyridine rings is 1. The summed E-state index contributed by atoms with van der Waals surface area (Å²) >= 11 is 0. The third kappa shape index (κ3) is 4.03. The highest BCUT2D eigenvalue weighted by atomic mass is 15.3. The van der Waals surface area contributed by atoms with Gasteiger partial charge in [0.1, 0.15) is 17.5 Å². The van der Waals surface area contributed by atoms with E-state index >= 15 is 0 Å². The average Bonchev–Trinajstić information content (AvgIpc) is 3.32. The molecule has 1 saturated carbocycles. The predicted molar refractivity (Wildman–Crippen MR) is 129 cm³/mol. The second kappa shape index (κ2) is 8.74. The van der Waals surface area contributed by atoms with Gasteiger partial charge in [0, 0.05) is 23.8 Å². The van der Waals surface area contributed by atoms with E-state index in [-0.39, 0.29) is 6.04 Å². The Morgan fingerprint density at radius 3 is 2.38 bits per heavy atom. The quantitative estimate of drug-likeness (QED) is 0.406. The maximum Gasteiger partial charge on any atom is 0.134 e. The Kier molecular flexibility index (Phi) is 5.49. The number of hydrogen-bond donors (Lipinski definition) is 3. The SMILES string of the molecule is N#Cc1c(NC2CCC(N)CC2)cc(Nc2ccc(-c3ccccc3)cc2)n2nccc12. The zero-order valence-electron chi connectivity index (χ0n) is 17.8. The Morgan fingerprint density at radius 1 is 0.938 bits per heavy atom. The lowest BCUT2D eigenvalue weighted by atomic mass is 9.91. The zero-order valence-corrected chi connectivity index (χ0v) is 17.8. The van der Waals surface area contributed by atoms with Crippen LogP contribution in [0.25, 0.3) is 16.6 Å². The number of hydrogen-bond acceptors (Lipinski definition) is 5. The molecule has 4 aromatic rings. The molecule has 2 aromatic heterocycles. The zero-order chi connectivity index (χ0) is 21.9. The second-order valence-corrected chi connectivity index (χ2v) is 8.38. The lowest BCUT2D eigenvalue weighted by Gasteiger charge is -2.28. The molecule has 2 aromatic carbocycles. The average molecular weight is 423 g/mol. The summed E-state index contributed by atoms with van der Waals surface area (Å²) in [6.07, 6.45) is 5.77. The van der Waals surface area contributed by atoms with Gasteiger partial charge in [-0.3, -0.25) is 0 Å². The van der Waals surface area contributed by atoms with Crippen LogP contribution < -0.4 is 16.4 Å². The van der Waals surface area contributed by atoms with E-state index in [1.165, 1.54) is 5.56 Å². The van der Waals surface area contributed by atoms with Crippen molar-refractivity contribution in [3.63, 3.8) is 0 Å². The van der Waals surface area contributed by atoms with Crippen molar-refractivity contribution in [1.29, 1.82) is 5.26 Å². The largest absolute Gasteiger partial charge is 0.381 e. The Balaban J connectivity index is 1.44. The first-order valence-corrected chi connectivity index (χ1v) is 11.1. The number of nitriles is 1. The van der Waals surface area contributed by atoms with E-state index in [1.807, 2.05) is 30.3 Å². The molecule has 5 rings (SSSR count). The van der Waals surface area contributed by atoms with Crippen LogP contribution in [0.2, 0.25) is 0 Å². The lowest BCUT2D eigenvalue weighted by Crippen LogP contribution is -2.33. The molecule has 1 fully saturated rings. The minimum absolute atomic E-state index is 0.289. The minimum Gasteiger partial charge on any atom is -0.381 e. The fraction of sp³-hybridized carbons (Fsp3) is 0.231. The van der Waals surface area contributed by atoms with Crippen LogP contribution in [0, 0.1) is 11.3 Å². The fourth-order valence-corrected chi connectivity index (χ4v) is 4.42. The van der Waals surface area contributed by atoms with Gasteiger partial charge in [-0.1, -0.05) is 42.5 Å². The number of nitrogens with two attached hydrogens (primary N) is 1. The summed E-state index contributed by atoms with van der Waals surface area (Å²) < 4.78 is 1.78. The Morgan fingerprint density at radius 2 is 1.66 bits per heavy atom. The van der Waals surface area contributed by atoms with Gasteiger partial charge < -0.3 is 16.4 Å². The summed E-state index contributed by atoms with van der Waals surface area (Å²) in [5, 5.41) is 21.4. The number of anilines is 3. The van der Waals surface area contributed by atoms with E-state index in [4.69, 9.17) is 5.73 Å². The number of rotatable bonds is 5. The van der Waals surface area contributed by atoms with Gasteiger partial charge >= 0.3 is 0 Å². The monoisotopic (exact) mass is 422 g/mol. The Hall–Kier alpha value is -3.82. The summed E-state index contributed by atoms with van der Waals surface area (Å²) in [6, 6.07) is 25.5. The van der Waals surface area contributed by atoms with E-state index < -0.39 is 0 Å². The molecule has 0 bridgehead atoms. The van der Waals surface area contributed by atoms with E-state index in [1.54, 1.807) is 10.7 Å². The summed E-state index contributed by atoms with van der Waals surface area (Å²) in [5.74, 6) is 0.812. The van der Waals surface area contributed by atoms with Crippen molar-refractivity contribution >= 4 is 22.7 Å². The van der Waals surface area contributed by atoms with Crippen LogP contribution in [0.4, 0.5) is 17.2 Å². The number of nitrogens with zero attached hydrogens (tertiary/aromatic N) is 3. The molecule has 160 valence electrons. The first-order chi connectivity index (χ1) is 15.7. The van der Waals surface area contributed by atoms with E-state index in [9.17, 15) is 5.26 Å². The molecule has 0 radical (unpaired) electrons. The Labute approximate surface area is 187 Å². The summed E-state index contributed by atoms with van der Waals surface area (Å²) in [5.41, 5.74) is 11.6. The van der Waals surface area contributed by atoms with Crippen LogP contribution in [0.15, 0.2) is 72.9 Å².